The van der Waals surface area contributed by atoms with Crippen molar-refractivity contribution in [2.45, 2.75) is 46.6 Å². The van der Waals surface area contributed by atoms with Crippen LogP contribution >= 0.6 is 0 Å². The first-order chi connectivity index (χ1) is 8.19. The molecule has 0 N–H and O–H groups in total. The lowest BCUT2D eigenvalue weighted by atomic mass is 10.00. The summed E-state index contributed by atoms with van der Waals surface area (Å²) in [6.07, 6.45) is 0.492. The molecule has 1 atom stereocenters. The molecule has 0 aliphatic heterocycles. The highest BCUT2D eigenvalue weighted by atomic mass is 19.1. The van der Waals surface area contributed by atoms with Crippen molar-refractivity contribution in [3.63, 3.8) is 0 Å². The molecule has 3 heteroatoms. The molecule has 0 bridgehead atoms. The van der Waals surface area contributed by atoms with Gasteiger partial charge in [0.15, 0.2) is 0 Å². The Labute approximate surface area is 108 Å². The fourth-order valence-corrected chi connectivity index (χ4v) is 1.60. The van der Waals surface area contributed by atoms with Crippen molar-refractivity contribution in [2.75, 3.05) is 0 Å². The Balaban J connectivity index is 2.66. The minimum absolute atomic E-state index is 0.233. The highest BCUT2D eigenvalue weighted by Crippen LogP contribution is 2.17. The predicted octanol–water partition coefficient (Wildman–Crippen LogP) is 3.65. The number of benzene rings is 1. The minimum atomic E-state index is -0.482. The largest absolute Gasteiger partial charge is 0.460 e. The van der Waals surface area contributed by atoms with E-state index < -0.39 is 5.60 Å². The Bertz CT molecular complexity index is 433. The zero-order chi connectivity index (χ0) is 13.9. The van der Waals surface area contributed by atoms with Crippen molar-refractivity contribution in [3.05, 3.63) is 35.1 Å². The van der Waals surface area contributed by atoms with Gasteiger partial charge in [0.05, 0.1) is 5.92 Å². The second kappa shape index (κ2) is 5.51. The van der Waals surface area contributed by atoms with Gasteiger partial charge in [-0.05, 0) is 51.3 Å². The van der Waals surface area contributed by atoms with E-state index in [1.807, 2.05) is 26.8 Å². The lowest BCUT2D eigenvalue weighted by molar-refractivity contribution is -0.159. The molecule has 1 rings (SSSR count). The third-order valence-corrected chi connectivity index (χ3v) is 2.59. The number of ether oxygens (including phenoxy) is 1. The van der Waals surface area contributed by atoms with Gasteiger partial charge in [-0.25, -0.2) is 4.39 Å². The van der Waals surface area contributed by atoms with E-state index in [0.717, 1.165) is 5.56 Å². The van der Waals surface area contributed by atoms with E-state index in [2.05, 4.69) is 0 Å². The van der Waals surface area contributed by atoms with E-state index in [-0.39, 0.29) is 17.7 Å². The first-order valence-corrected chi connectivity index (χ1v) is 6.17. The number of rotatable bonds is 3. The van der Waals surface area contributed by atoms with E-state index >= 15 is 0 Å². The normalized spacial score (nSPS) is 13.2. The average molecular weight is 252 g/mol. The van der Waals surface area contributed by atoms with Gasteiger partial charge in [0, 0.05) is 0 Å². The summed E-state index contributed by atoms with van der Waals surface area (Å²) in [5.41, 5.74) is 0.948. The quantitative estimate of drug-likeness (QED) is 0.767. The summed E-state index contributed by atoms with van der Waals surface area (Å²) in [7, 11) is 0. The molecule has 0 aliphatic rings. The van der Waals surface area contributed by atoms with Crippen molar-refractivity contribution in [2.24, 2.45) is 5.92 Å². The van der Waals surface area contributed by atoms with Gasteiger partial charge in [0.2, 0.25) is 0 Å². The predicted molar refractivity (Wildman–Crippen MR) is 69.9 cm³/mol. The summed E-state index contributed by atoms with van der Waals surface area (Å²) < 4.78 is 18.7. The first kappa shape index (κ1) is 14.7. The van der Waals surface area contributed by atoms with Crippen LogP contribution in [0.1, 0.15) is 38.8 Å². The molecule has 0 unspecified atom stereocenters. The maximum absolute atomic E-state index is 13.4. The summed E-state index contributed by atoms with van der Waals surface area (Å²) in [5.74, 6) is -0.751. The SMILES string of the molecule is Cc1ccc(C[C@H](C)C(=O)OC(C)(C)C)cc1F. The van der Waals surface area contributed by atoms with Gasteiger partial charge in [-0.2, -0.15) is 0 Å². The molecule has 0 radical (unpaired) electrons. The van der Waals surface area contributed by atoms with Gasteiger partial charge in [0.25, 0.3) is 0 Å². The number of carbonyl (C=O) groups is 1. The number of aryl methyl sites for hydroxylation is 1. The molecule has 0 aliphatic carbocycles. The molecular weight excluding hydrogens is 231 g/mol. The third kappa shape index (κ3) is 4.47. The molecule has 0 amide bonds. The Morgan fingerprint density at radius 1 is 1.39 bits per heavy atom. The molecule has 100 valence electrons. The van der Waals surface area contributed by atoms with Crippen LogP contribution in [0.2, 0.25) is 0 Å². The Hall–Kier alpha value is -1.38. The van der Waals surface area contributed by atoms with E-state index in [9.17, 15) is 9.18 Å². The molecule has 0 aromatic heterocycles. The standard InChI is InChI=1S/C15H21FO2/c1-10-6-7-12(9-13(10)16)8-11(2)14(17)18-15(3,4)5/h6-7,9,11H,8H2,1-5H3/t11-/m0/s1. The highest BCUT2D eigenvalue weighted by molar-refractivity contribution is 5.72. The average Bonchev–Trinajstić information content (AvgIpc) is 2.21. The zero-order valence-corrected chi connectivity index (χ0v) is 11.7. The molecule has 0 spiro atoms. The Kier molecular flexibility index (Phi) is 4.49. The topological polar surface area (TPSA) is 26.3 Å². The number of hydrogen-bond donors (Lipinski definition) is 0. The fourth-order valence-electron chi connectivity index (χ4n) is 1.60. The molecular formula is C15H21FO2. The second-order valence-corrected chi connectivity index (χ2v) is 5.72. The van der Waals surface area contributed by atoms with Gasteiger partial charge in [-0.1, -0.05) is 19.1 Å². The van der Waals surface area contributed by atoms with E-state index in [4.69, 9.17) is 4.74 Å². The van der Waals surface area contributed by atoms with Crippen LogP contribution in [-0.4, -0.2) is 11.6 Å². The van der Waals surface area contributed by atoms with Gasteiger partial charge < -0.3 is 4.74 Å². The maximum Gasteiger partial charge on any atom is 0.309 e. The molecule has 1 aromatic carbocycles. The zero-order valence-electron chi connectivity index (χ0n) is 11.7. The van der Waals surface area contributed by atoms with Crippen molar-refractivity contribution in [1.29, 1.82) is 0 Å². The van der Waals surface area contributed by atoms with Crippen molar-refractivity contribution < 1.29 is 13.9 Å². The Morgan fingerprint density at radius 3 is 2.50 bits per heavy atom. The van der Waals surface area contributed by atoms with Crippen LogP contribution in [0.25, 0.3) is 0 Å². The molecule has 18 heavy (non-hydrogen) atoms. The maximum atomic E-state index is 13.4. The van der Waals surface area contributed by atoms with Crippen LogP contribution in [-0.2, 0) is 16.0 Å². The van der Waals surface area contributed by atoms with E-state index in [0.29, 0.717) is 12.0 Å². The molecule has 0 saturated carbocycles. The highest BCUT2D eigenvalue weighted by Gasteiger charge is 2.21. The third-order valence-electron chi connectivity index (χ3n) is 2.59. The van der Waals surface area contributed by atoms with Crippen LogP contribution in [0.5, 0.6) is 0 Å². The summed E-state index contributed by atoms with van der Waals surface area (Å²) in [4.78, 5) is 11.8. The van der Waals surface area contributed by atoms with Crippen LogP contribution in [0.15, 0.2) is 18.2 Å². The monoisotopic (exact) mass is 252 g/mol. The smallest absolute Gasteiger partial charge is 0.309 e. The number of esters is 1. The lowest BCUT2D eigenvalue weighted by Crippen LogP contribution is -2.28. The van der Waals surface area contributed by atoms with Crippen LogP contribution in [0.3, 0.4) is 0 Å². The van der Waals surface area contributed by atoms with Gasteiger partial charge in [0.1, 0.15) is 11.4 Å². The van der Waals surface area contributed by atoms with Crippen molar-refractivity contribution in [3.8, 4) is 0 Å². The van der Waals surface area contributed by atoms with Gasteiger partial charge in [-0.15, -0.1) is 0 Å². The van der Waals surface area contributed by atoms with Crippen molar-refractivity contribution in [1.82, 2.24) is 0 Å². The van der Waals surface area contributed by atoms with Crippen LogP contribution in [0, 0.1) is 18.7 Å². The number of hydrogen-bond acceptors (Lipinski definition) is 2. The summed E-state index contributed by atoms with van der Waals surface area (Å²) in [6.45, 7) is 9.03. The minimum Gasteiger partial charge on any atom is -0.460 e. The fraction of sp³-hybridized carbons (Fsp3) is 0.533. The number of carbonyl (C=O) groups excluding carboxylic acids is 1. The first-order valence-electron chi connectivity index (χ1n) is 6.17. The summed E-state index contributed by atoms with van der Waals surface area (Å²) in [6, 6.07) is 5.06. The molecule has 0 saturated heterocycles. The molecule has 1 aromatic rings. The molecule has 0 heterocycles. The lowest BCUT2D eigenvalue weighted by Gasteiger charge is -2.22. The van der Waals surface area contributed by atoms with Crippen LogP contribution in [0.4, 0.5) is 4.39 Å². The summed E-state index contributed by atoms with van der Waals surface area (Å²) in [5, 5.41) is 0. The summed E-state index contributed by atoms with van der Waals surface area (Å²) >= 11 is 0. The van der Waals surface area contributed by atoms with Crippen molar-refractivity contribution >= 4 is 5.97 Å². The van der Waals surface area contributed by atoms with Crippen LogP contribution < -0.4 is 0 Å². The van der Waals surface area contributed by atoms with Gasteiger partial charge in [-0.3, -0.25) is 4.79 Å². The Morgan fingerprint density at radius 2 is 2.00 bits per heavy atom. The molecule has 2 nitrogen and oxygen atoms in total. The van der Waals surface area contributed by atoms with E-state index in [1.165, 1.54) is 6.07 Å². The van der Waals surface area contributed by atoms with E-state index in [1.54, 1.807) is 19.9 Å². The molecule has 0 fully saturated rings. The van der Waals surface area contributed by atoms with Gasteiger partial charge >= 0.3 is 5.97 Å². The number of halogens is 1. The second-order valence-electron chi connectivity index (χ2n) is 5.72.